The molecule has 1 aromatic carbocycles. The van der Waals surface area contributed by atoms with Gasteiger partial charge in [0.2, 0.25) is 0 Å². The van der Waals surface area contributed by atoms with E-state index in [4.69, 9.17) is 5.10 Å². The fourth-order valence-electron chi connectivity index (χ4n) is 6.51. The third-order valence-electron chi connectivity index (χ3n) is 7.71. The summed E-state index contributed by atoms with van der Waals surface area (Å²) in [6.45, 7) is 0. The first-order chi connectivity index (χ1) is 13.3. The lowest BCUT2D eigenvalue weighted by Gasteiger charge is -2.50. The maximum atomic E-state index is 13.1. The molecule has 4 aliphatic rings. The van der Waals surface area contributed by atoms with Crippen molar-refractivity contribution in [1.82, 2.24) is 15.1 Å². The fraction of sp³-hybridized carbons (Fsp3) is 0.565. The number of hydrogen-bond acceptors (Lipinski definition) is 2. The van der Waals surface area contributed by atoms with Crippen LogP contribution < -0.4 is 5.32 Å². The van der Waals surface area contributed by atoms with Gasteiger partial charge in [-0.3, -0.25) is 9.48 Å². The van der Waals surface area contributed by atoms with E-state index >= 15 is 0 Å². The predicted molar refractivity (Wildman–Crippen MR) is 104 cm³/mol. The number of fused-ring (bicyclic) bond motifs is 2. The van der Waals surface area contributed by atoms with Crippen LogP contribution in [0.15, 0.2) is 24.3 Å². The molecular weight excluding hydrogens is 334 g/mol. The molecule has 2 heterocycles. The van der Waals surface area contributed by atoms with E-state index < -0.39 is 0 Å². The fourth-order valence-corrected chi connectivity index (χ4v) is 6.51. The topological polar surface area (TPSA) is 46.9 Å². The molecule has 3 aliphatic carbocycles. The Bertz CT molecular complexity index is 924. The number of rotatable bonds is 1. The number of carbonyl (C=O) groups is 1. The van der Waals surface area contributed by atoms with Crippen LogP contribution in [0.3, 0.4) is 0 Å². The summed E-state index contributed by atoms with van der Waals surface area (Å²) in [5.74, 6) is 0.0417. The molecule has 0 radical (unpaired) electrons. The number of carbonyl (C=O) groups excluding carboxylic acids is 1. The Morgan fingerprint density at radius 2 is 1.89 bits per heavy atom. The summed E-state index contributed by atoms with van der Waals surface area (Å²) in [4.78, 5) is 13.1. The summed E-state index contributed by atoms with van der Waals surface area (Å²) in [5, 5.41) is 8.35. The Hall–Kier alpha value is -2.10. The van der Waals surface area contributed by atoms with Crippen molar-refractivity contribution in [3.63, 3.8) is 0 Å². The highest BCUT2D eigenvalue weighted by molar-refractivity contribution is 5.96. The molecule has 1 aromatic heterocycles. The first kappa shape index (κ1) is 15.9. The first-order valence-corrected chi connectivity index (χ1v) is 10.8. The summed E-state index contributed by atoms with van der Waals surface area (Å²) < 4.78 is 2.30. The minimum atomic E-state index is 0.0417. The second-order valence-electron chi connectivity index (χ2n) is 9.02. The van der Waals surface area contributed by atoms with Gasteiger partial charge in [-0.05, 0) is 56.1 Å². The number of hydrogen-bond donors (Lipinski definition) is 1. The van der Waals surface area contributed by atoms with Gasteiger partial charge in [-0.2, -0.15) is 5.10 Å². The molecule has 2 aromatic rings. The van der Waals surface area contributed by atoms with Gasteiger partial charge in [0.25, 0.3) is 5.91 Å². The molecule has 1 spiro atoms. The van der Waals surface area contributed by atoms with E-state index in [0.29, 0.717) is 6.04 Å². The SMILES string of the molecule is O=C1NC2c3ccccc3CCC23CCCc2c3c1nn2C1CCCCC1. The lowest BCUT2D eigenvalue weighted by Crippen LogP contribution is -2.53. The van der Waals surface area contributed by atoms with E-state index in [1.54, 1.807) is 0 Å². The molecule has 1 amide bonds. The van der Waals surface area contributed by atoms with Crippen molar-refractivity contribution in [3.8, 4) is 0 Å². The minimum absolute atomic E-state index is 0.0417. The van der Waals surface area contributed by atoms with E-state index in [2.05, 4.69) is 34.3 Å². The Balaban J connectivity index is 1.54. The second-order valence-corrected chi connectivity index (χ2v) is 9.02. The quantitative estimate of drug-likeness (QED) is 0.819. The summed E-state index contributed by atoms with van der Waals surface area (Å²) in [6, 6.07) is 9.32. The monoisotopic (exact) mass is 361 g/mol. The normalized spacial score (nSPS) is 29.5. The molecule has 1 aliphatic heterocycles. The molecule has 4 nitrogen and oxygen atoms in total. The highest BCUT2D eigenvalue weighted by atomic mass is 16.2. The number of nitrogens with one attached hydrogen (secondary N) is 1. The van der Waals surface area contributed by atoms with Gasteiger partial charge in [0.15, 0.2) is 5.69 Å². The predicted octanol–water partition coefficient (Wildman–Crippen LogP) is 4.39. The van der Waals surface area contributed by atoms with Crippen LogP contribution in [-0.4, -0.2) is 15.7 Å². The van der Waals surface area contributed by atoms with E-state index in [-0.39, 0.29) is 17.4 Å². The minimum Gasteiger partial charge on any atom is -0.343 e. The van der Waals surface area contributed by atoms with E-state index in [9.17, 15) is 4.79 Å². The smallest absolute Gasteiger partial charge is 0.272 e. The molecule has 0 saturated heterocycles. The van der Waals surface area contributed by atoms with Crippen LogP contribution in [0.5, 0.6) is 0 Å². The molecule has 140 valence electrons. The molecule has 27 heavy (non-hydrogen) atoms. The molecular formula is C23H27N3O. The average Bonchev–Trinajstić information content (AvgIpc) is 3.12. The summed E-state index contributed by atoms with van der Waals surface area (Å²) in [7, 11) is 0. The number of nitrogens with zero attached hydrogens (tertiary/aromatic N) is 2. The molecule has 6 rings (SSSR count). The van der Waals surface area contributed by atoms with Gasteiger partial charge in [0.05, 0.1) is 12.1 Å². The van der Waals surface area contributed by atoms with Crippen LogP contribution in [0.2, 0.25) is 0 Å². The standard InChI is InChI=1S/C23H27N3O/c27-22-20-19-18(26(25-20)16-8-2-1-3-9-16)11-6-13-23(19)14-12-15-7-4-5-10-17(15)21(23)24-22/h4-5,7,10,16,21H,1-3,6,8-9,11-14H2,(H,24,27). The third kappa shape index (κ3) is 2.10. The van der Waals surface area contributed by atoms with Crippen molar-refractivity contribution in [2.75, 3.05) is 0 Å². The van der Waals surface area contributed by atoms with Crippen molar-refractivity contribution in [3.05, 3.63) is 52.3 Å². The van der Waals surface area contributed by atoms with Crippen molar-refractivity contribution in [2.24, 2.45) is 0 Å². The van der Waals surface area contributed by atoms with Gasteiger partial charge in [0.1, 0.15) is 0 Å². The molecule has 1 N–H and O–H groups in total. The van der Waals surface area contributed by atoms with Crippen LogP contribution in [0.25, 0.3) is 0 Å². The van der Waals surface area contributed by atoms with Crippen molar-refractivity contribution < 1.29 is 4.79 Å². The largest absolute Gasteiger partial charge is 0.343 e. The second kappa shape index (κ2) is 5.70. The highest BCUT2D eigenvalue weighted by Crippen LogP contribution is 2.55. The van der Waals surface area contributed by atoms with E-state index in [1.807, 2.05) is 0 Å². The Morgan fingerprint density at radius 3 is 2.78 bits per heavy atom. The molecule has 2 atom stereocenters. The van der Waals surface area contributed by atoms with Gasteiger partial charge in [0, 0.05) is 16.7 Å². The number of benzene rings is 1. The zero-order chi connectivity index (χ0) is 18.0. The molecule has 1 fully saturated rings. The molecule has 0 bridgehead atoms. The van der Waals surface area contributed by atoms with Crippen molar-refractivity contribution in [2.45, 2.75) is 81.7 Å². The molecule has 2 unspecified atom stereocenters. The third-order valence-corrected chi connectivity index (χ3v) is 7.71. The Labute approximate surface area is 160 Å². The maximum absolute atomic E-state index is 13.1. The van der Waals surface area contributed by atoms with Crippen LogP contribution in [-0.2, 0) is 18.3 Å². The molecule has 1 saturated carbocycles. The Morgan fingerprint density at radius 1 is 1.04 bits per heavy atom. The molecule has 4 heteroatoms. The van der Waals surface area contributed by atoms with Crippen LogP contribution >= 0.6 is 0 Å². The van der Waals surface area contributed by atoms with Crippen LogP contribution in [0.1, 0.15) is 96.3 Å². The van der Waals surface area contributed by atoms with Gasteiger partial charge in [-0.1, -0.05) is 43.5 Å². The van der Waals surface area contributed by atoms with Gasteiger partial charge >= 0.3 is 0 Å². The lowest BCUT2D eigenvalue weighted by molar-refractivity contribution is 0.0850. The summed E-state index contributed by atoms with van der Waals surface area (Å²) >= 11 is 0. The van der Waals surface area contributed by atoms with Crippen LogP contribution in [0.4, 0.5) is 0 Å². The van der Waals surface area contributed by atoms with Crippen LogP contribution in [0, 0.1) is 0 Å². The first-order valence-electron chi connectivity index (χ1n) is 10.8. The Kier molecular flexibility index (Phi) is 3.36. The van der Waals surface area contributed by atoms with Gasteiger partial charge in [-0.25, -0.2) is 0 Å². The van der Waals surface area contributed by atoms with Crippen molar-refractivity contribution in [1.29, 1.82) is 0 Å². The lowest BCUT2D eigenvalue weighted by atomic mass is 9.58. The summed E-state index contributed by atoms with van der Waals surface area (Å²) in [6.07, 6.45) is 12.1. The summed E-state index contributed by atoms with van der Waals surface area (Å²) in [5.41, 5.74) is 6.25. The number of aromatic nitrogens is 2. The average molecular weight is 361 g/mol. The number of aryl methyl sites for hydroxylation is 1. The van der Waals surface area contributed by atoms with E-state index in [0.717, 1.165) is 25.0 Å². The van der Waals surface area contributed by atoms with Gasteiger partial charge in [-0.15, -0.1) is 0 Å². The zero-order valence-corrected chi connectivity index (χ0v) is 15.8. The van der Waals surface area contributed by atoms with E-state index in [1.165, 1.54) is 67.3 Å². The zero-order valence-electron chi connectivity index (χ0n) is 15.8. The highest BCUT2D eigenvalue weighted by Gasteiger charge is 2.54. The number of amides is 1. The van der Waals surface area contributed by atoms with Crippen molar-refractivity contribution >= 4 is 5.91 Å². The van der Waals surface area contributed by atoms with Gasteiger partial charge < -0.3 is 5.32 Å². The maximum Gasteiger partial charge on any atom is 0.272 e.